The second-order valence-corrected chi connectivity index (χ2v) is 2.44. The first-order valence-electron chi connectivity index (χ1n) is 3.81. The highest BCUT2D eigenvalue weighted by Crippen LogP contribution is 1.91. The van der Waals surface area contributed by atoms with Gasteiger partial charge in [0.05, 0.1) is 6.20 Å². The van der Waals surface area contributed by atoms with Crippen LogP contribution in [0.4, 0.5) is 0 Å². The van der Waals surface area contributed by atoms with Crippen LogP contribution in [-0.2, 0) is 6.54 Å². The van der Waals surface area contributed by atoms with Crippen molar-refractivity contribution >= 4 is 0 Å². The van der Waals surface area contributed by atoms with Gasteiger partial charge in [-0.25, -0.2) is 0 Å². The maximum absolute atomic E-state index is 8.44. The van der Waals surface area contributed by atoms with Crippen LogP contribution in [0.1, 0.15) is 12.1 Å². The third-order valence-electron chi connectivity index (χ3n) is 1.47. The Kier molecular flexibility index (Phi) is 3.23. The molecule has 0 radical (unpaired) electrons. The Balaban J connectivity index is 2.38. The van der Waals surface area contributed by atoms with Crippen LogP contribution in [0.3, 0.4) is 0 Å². The van der Waals surface area contributed by atoms with E-state index >= 15 is 0 Å². The number of aryl methyl sites for hydroxylation is 1. The van der Waals surface area contributed by atoms with E-state index in [0.717, 1.165) is 19.5 Å². The highest BCUT2D eigenvalue weighted by molar-refractivity contribution is 5.12. The standard InChI is InChI=1S/C7H11N5/c1-9-3-2-4-12-6-7(5-8)10-11-12/h6,9H,2-4H2,1H3. The molecule has 12 heavy (non-hydrogen) atoms. The lowest BCUT2D eigenvalue weighted by atomic mass is 10.4. The third-order valence-corrected chi connectivity index (χ3v) is 1.47. The fourth-order valence-electron chi connectivity index (χ4n) is 0.877. The van der Waals surface area contributed by atoms with E-state index in [1.54, 1.807) is 10.9 Å². The Morgan fingerprint density at radius 1 is 1.75 bits per heavy atom. The van der Waals surface area contributed by atoms with Gasteiger partial charge in [-0.15, -0.1) is 5.10 Å². The molecule has 1 aromatic rings. The molecule has 1 N–H and O–H groups in total. The predicted octanol–water partition coefficient (Wildman–Crippen LogP) is -0.241. The smallest absolute Gasteiger partial charge is 0.182 e. The fourth-order valence-corrected chi connectivity index (χ4v) is 0.877. The zero-order valence-electron chi connectivity index (χ0n) is 6.99. The van der Waals surface area contributed by atoms with Gasteiger partial charge in [-0.2, -0.15) is 5.26 Å². The highest BCUT2D eigenvalue weighted by Gasteiger charge is 1.96. The summed E-state index contributed by atoms with van der Waals surface area (Å²) in [5, 5.41) is 18.9. The molecule has 0 saturated carbocycles. The molecule has 0 bridgehead atoms. The minimum Gasteiger partial charge on any atom is -0.320 e. The van der Waals surface area contributed by atoms with Crippen LogP contribution in [-0.4, -0.2) is 28.6 Å². The molecule has 0 atom stereocenters. The van der Waals surface area contributed by atoms with Gasteiger partial charge in [0.1, 0.15) is 6.07 Å². The molecule has 0 aliphatic heterocycles. The van der Waals surface area contributed by atoms with Gasteiger partial charge in [0.2, 0.25) is 0 Å². The van der Waals surface area contributed by atoms with E-state index < -0.39 is 0 Å². The van der Waals surface area contributed by atoms with Gasteiger partial charge >= 0.3 is 0 Å². The first-order valence-corrected chi connectivity index (χ1v) is 3.81. The Morgan fingerprint density at radius 3 is 3.17 bits per heavy atom. The van der Waals surface area contributed by atoms with Gasteiger partial charge in [0.15, 0.2) is 5.69 Å². The zero-order chi connectivity index (χ0) is 8.81. The largest absolute Gasteiger partial charge is 0.320 e. The van der Waals surface area contributed by atoms with Crippen molar-refractivity contribution in [3.05, 3.63) is 11.9 Å². The number of hydrogen-bond acceptors (Lipinski definition) is 4. The first-order chi connectivity index (χ1) is 5.86. The highest BCUT2D eigenvalue weighted by atomic mass is 15.4. The molecule has 1 rings (SSSR count). The Labute approximate surface area is 71.0 Å². The average molecular weight is 165 g/mol. The van der Waals surface area contributed by atoms with Crippen molar-refractivity contribution in [2.24, 2.45) is 0 Å². The summed E-state index contributed by atoms with van der Waals surface area (Å²) in [7, 11) is 1.90. The van der Waals surface area contributed by atoms with Gasteiger partial charge in [-0.05, 0) is 20.0 Å². The molecule has 0 saturated heterocycles. The molecule has 0 amide bonds. The van der Waals surface area contributed by atoms with Gasteiger partial charge in [0, 0.05) is 6.54 Å². The number of aromatic nitrogens is 3. The summed E-state index contributed by atoms with van der Waals surface area (Å²) in [5.41, 5.74) is 0.374. The molecule has 0 aliphatic rings. The van der Waals surface area contributed by atoms with Gasteiger partial charge < -0.3 is 5.32 Å². The Bertz CT molecular complexity index is 272. The lowest BCUT2D eigenvalue weighted by Crippen LogP contribution is -2.11. The maximum Gasteiger partial charge on any atom is 0.182 e. The van der Waals surface area contributed by atoms with Gasteiger partial charge in [-0.3, -0.25) is 4.68 Å². The van der Waals surface area contributed by atoms with E-state index in [0.29, 0.717) is 5.69 Å². The zero-order valence-corrected chi connectivity index (χ0v) is 6.99. The minimum atomic E-state index is 0.374. The van der Waals surface area contributed by atoms with E-state index in [2.05, 4.69) is 15.6 Å². The molecule has 1 aromatic heterocycles. The summed E-state index contributed by atoms with van der Waals surface area (Å²) >= 11 is 0. The van der Waals surface area contributed by atoms with Crippen molar-refractivity contribution in [1.29, 1.82) is 5.26 Å². The minimum absolute atomic E-state index is 0.374. The molecular formula is C7H11N5. The van der Waals surface area contributed by atoms with Crippen molar-refractivity contribution in [2.75, 3.05) is 13.6 Å². The lowest BCUT2D eigenvalue weighted by Gasteiger charge is -1.97. The molecule has 0 aliphatic carbocycles. The van der Waals surface area contributed by atoms with E-state index in [-0.39, 0.29) is 0 Å². The fraction of sp³-hybridized carbons (Fsp3) is 0.571. The average Bonchev–Trinajstić information content (AvgIpc) is 2.53. The number of nitrogens with one attached hydrogen (secondary N) is 1. The number of nitrogens with zero attached hydrogens (tertiary/aromatic N) is 4. The summed E-state index contributed by atoms with van der Waals surface area (Å²) in [6, 6.07) is 1.93. The molecule has 64 valence electrons. The molecule has 0 aromatic carbocycles. The number of rotatable bonds is 4. The van der Waals surface area contributed by atoms with E-state index in [4.69, 9.17) is 5.26 Å². The Hall–Kier alpha value is -1.41. The van der Waals surface area contributed by atoms with Crippen LogP contribution in [0.5, 0.6) is 0 Å². The van der Waals surface area contributed by atoms with Crippen LogP contribution >= 0.6 is 0 Å². The molecule has 5 heteroatoms. The van der Waals surface area contributed by atoms with Gasteiger partial charge in [-0.1, -0.05) is 5.21 Å². The monoisotopic (exact) mass is 165 g/mol. The van der Waals surface area contributed by atoms with Gasteiger partial charge in [0.25, 0.3) is 0 Å². The van der Waals surface area contributed by atoms with Crippen LogP contribution in [0.25, 0.3) is 0 Å². The van der Waals surface area contributed by atoms with Crippen molar-refractivity contribution in [3.8, 4) is 6.07 Å². The van der Waals surface area contributed by atoms with E-state index in [1.165, 1.54) is 0 Å². The lowest BCUT2D eigenvalue weighted by molar-refractivity contribution is 0.545. The first kappa shape index (κ1) is 8.68. The molecule has 0 spiro atoms. The van der Waals surface area contributed by atoms with Crippen molar-refractivity contribution in [2.45, 2.75) is 13.0 Å². The SMILES string of the molecule is CNCCCn1cc(C#N)nn1. The second-order valence-electron chi connectivity index (χ2n) is 2.44. The molecule has 0 fully saturated rings. The second kappa shape index (κ2) is 4.46. The number of nitriles is 1. The summed E-state index contributed by atoms with van der Waals surface area (Å²) < 4.78 is 1.68. The summed E-state index contributed by atoms with van der Waals surface area (Å²) in [4.78, 5) is 0. The van der Waals surface area contributed by atoms with Crippen LogP contribution in [0.2, 0.25) is 0 Å². The normalized spacial score (nSPS) is 9.67. The molecule has 5 nitrogen and oxygen atoms in total. The topological polar surface area (TPSA) is 66.5 Å². The maximum atomic E-state index is 8.44. The third kappa shape index (κ3) is 2.32. The molecule has 1 heterocycles. The number of hydrogen-bond donors (Lipinski definition) is 1. The molecule has 0 unspecified atom stereocenters. The van der Waals surface area contributed by atoms with Crippen molar-refractivity contribution < 1.29 is 0 Å². The summed E-state index contributed by atoms with van der Waals surface area (Å²) in [5.74, 6) is 0. The Morgan fingerprint density at radius 2 is 2.58 bits per heavy atom. The van der Waals surface area contributed by atoms with Crippen LogP contribution < -0.4 is 5.32 Å². The summed E-state index contributed by atoms with van der Waals surface area (Å²) in [6.07, 6.45) is 2.64. The van der Waals surface area contributed by atoms with Crippen LogP contribution in [0, 0.1) is 11.3 Å². The quantitative estimate of drug-likeness (QED) is 0.625. The van der Waals surface area contributed by atoms with Crippen molar-refractivity contribution in [3.63, 3.8) is 0 Å². The van der Waals surface area contributed by atoms with E-state index in [1.807, 2.05) is 13.1 Å². The predicted molar refractivity (Wildman–Crippen MR) is 43.3 cm³/mol. The molecular weight excluding hydrogens is 154 g/mol. The van der Waals surface area contributed by atoms with E-state index in [9.17, 15) is 0 Å². The van der Waals surface area contributed by atoms with Crippen molar-refractivity contribution in [1.82, 2.24) is 20.3 Å². The van der Waals surface area contributed by atoms with Crippen LogP contribution in [0.15, 0.2) is 6.20 Å². The summed E-state index contributed by atoms with van der Waals surface area (Å²) in [6.45, 7) is 1.75.